The Morgan fingerprint density at radius 2 is 1.96 bits per heavy atom. The second-order valence-corrected chi connectivity index (χ2v) is 5.57. The summed E-state index contributed by atoms with van der Waals surface area (Å²) in [5, 5.41) is 22.7. The Balaban J connectivity index is 1.69. The van der Waals surface area contributed by atoms with Crippen LogP contribution in [0.1, 0.15) is 6.42 Å². The van der Waals surface area contributed by atoms with Crippen molar-refractivity contribution in [3.05, 3.63) is 43.1 Å². The SMILES string of the molecule is O[C@@H]1[C@H](O)[CH]C[C@H]1Nc1ncnc2[nH]c(-c3ccccc3)nc12. The maximum Gasteiger partial charge on any atom is 0.163 e. The van der Waals surface area contributed by atoms with Crippen molar-refractivity contribution in [2.24, 2.45) is 0 Å². The number of aromatic nitrogens is 4. The first-order valence-corrected chi connectivity index (χ1v) is 7.44. The maximum absolute atomic E-state index is 9.96. The van der Waals surface area contributed by atoms with E-state index in [4.69, 9.17) is 0 Å². The van der Waals surface area contributed by atoms with Gasteiger partial charge in [-0.25, -0.2) is 15.0 Å². The molecule has 1 saturated carbocycles. The topological polar surface area (TPSA) is 107 Å². The van der Waals surface area contributed by atoms with Gasteiger partial charge in [0.2, 0.25) is 0 Å². The van der Waals surface area contributed by atoms with Gasteiger partial charge in [-0.2, -0.15) is 0 Å². The molecule has 1 fully saturated rings. The molecule has 4 rings (SSSR count). The van der Waals surface area contributed by atoms with Gasteiger partial charge in [0.05, 0.1) is 12.1 Å². The predicted molar refractivity (Wildman–Crippen MR) is 85.5 cm³/mol. The number of fused-ring (bicyclic) bond motifs is 1. The summed E-state index contributed by atoms with van der Waals surface area (Å²) in [5.41, 5.74) is 2.19. The summed E-state index contributed by atoms with van der Waals surface area (Å²) >= 11 is 0. The average Bonchev–Trinajstić information content (AvgIpc) is 3.15. The molecule has 1 aliphatic rings. The van der Waals surface area contributed by atoms with E-state index in [0.717, 1.165) is 5.56 Å². The van der Waals surface area contributed by atoms with Crippen LogP contribution < -0.4 is 5.32 Å². The lowest BCUT2D eigenvalue weighted by atomic mass is 10.2. The molecule has 1 aromatic carbocycles. The number of aromatic amines is 1. The third kappa shape index (κ3) is 2.54. The van der Waals surface area contributed by atoms with Crippen LogP contribution in [0, 0.1) is 6.42 Å². The molecular formula is C16H16N5O2. The van der Waals surface area contributed by atoms with E-state index >= 15 is 0 Å². The lowest BCUT2D eigenvalue weighted by Gasteiger charge is -2.18. The van der Waals surface area contributed by atoms with Gasteiger partial charge in [0.1, 0.15) is 18.3 Å². The van der Waals surface area contributed by atoms with Gasteiger partial charge in [-0.3, -0.25) is 0 Å². The molecule has 1 aliphatic carbocycles. The molecule has 0 amide bonds. The molecule has 1 radical (unpaired) electrons. The smallest absolute Gasteiger partial charge is 0.163 e. The molecule has 7 nitrogen and oxygen atoms in total. The number of anilines is 1. The van der Waals surface area contributed by atoms with E-state index in [0.29, 0.717) is 29.2 Å². The lowest BCUT2D eigenvalue weighted by Crippen LogP contribution is -2.34. The minimum absolute atomic E-state index is 0.292. The van der Waals surface area contributed by atoms with Gasteiger partial charge in [-0.15, -0.1) is 0 Å². The van der Waals surface area contributed by atoms with Crippen molar-refractivity contribution < 1.29 is 10.2 Å². The molecule has 0 aliphatic heterocycles. The van der Waals surface area contributed by atoms with Crippen molar-refractivity contribution in [2.45, 2.75) is 24.7 Å². The van der Waals surface area contributed by atoms with Gasteiger partial charge in [0.15, 0.2) is 17.0 Å². The molecule has 4 N–H and O–H groups in total. The van der Waals surface area contributed by atoms with E-state index < -0.39 is 12.2 Å². The zero-order valence-corrected chi connectivity index (χ0v) is 12.2. The van der Waals surface area contributed by atoms with Crippen LogP contribution in [-0.4, -0.2) is 48.4 Å². The number of hydrogen-bond donors (Lipinski definition) is 4. The van der Waals surface area contributed by atoms with E-state index in [-0.39, 0.29) is 6.04 Å². The van der Waals surface area contributed by atoms with Crippen LogP contribution in [0.5, 0.6) is 0 Å². The first-order valence-electron chi connectivity index (χ1n) is 7.44. The zero-order chi connectivity index (χ0) is 15.8. The Labute approximate surface area is 132 Å². The molecule has 7 heteroatoms. The number of nitrogens with zero attached hydrogens (tertiary/aromatic N) is 3. The van der Waals surface area contributed by atoms with E-state index in [1.165, 1.54) is 6.33 Å². The molecule has 0 bridgehead atoms. The largest absolute Gasteiger partial charge is 0.390 e. The highest BCUT2D eigenvalue weighted by molar-refractivity contribution is 5.85. The molecule has 23 heavy (non-hydrogen) atoms. The first-order chi connectivity index (χ1) is 11.2. The summed E-state index contributed by atoms with van der Waals surface area (Å²) in [6, 6.07) is 9.47. The van der Waals surface area contributed by atoms with Gasteiger partial charge < -0.3 is 20.5 Å². The van der Waals surface area contributed by atoms with E-state index in [9.17, 15) is 10.2 Å². The molecule has 0 saturated heterocycles. The van der Waals surface area contributed by atoms with Crippen molar-refractivity contribution in [2.75, 3.05) is 5.32 Å². The minimum Gasteiger partial charge on any atom is -0.390 e. The maximum atomic E-state index is 9.96. The molecular weight excluding hydrogens is 294 g/mol. The molecule has 0 spiro atoms. The normalized spacial score (nSPS) is 24.2. The summed E-state index contributed by atoms with van der Waals surface area (Å²) in [7, 11) is 0. The van der Waals surface area contributed by atoms with Crippen molar-refractivity contribution in [3.63, 3.8) is 0 Å². The van der Waals surface area contributed by atoms with Crippen molar-refractivity contribution in [3.8, 4) is 11.4 Å². The summed E-state index contributed by atoms with van der Waals surface area (Å²) in [5.74, 6) is 1.25. The summed E-state index contributed by atoms with van der Waals surface area (Å²) < 4.78 is 0. The van der Waals surface area contributed by atoms with Crippen molar-refractivity contribution >= 4 is 17.0 Å². The number of hydrogen-bond acceptors (Lipinski definition) is 6. The second kappa shape index (κ2) is 5.60. The number of aliphatic hydroxyl groups excluding tert-OH is 2. The summed E-state index contributed by atoms with van der Waals surface area (Å²) in [6.07, 6.45) is 2.01. The van der Waals surface area contributed by atoms with E-state index in [2.05, 4.69) is 25.3 Å². The molecule has 3 aromatic rings. The molecule has 2 heterocycles. The Kier molecular flexibility index (Phi) is 3.44. The number of rotatable bonds is 3. The fourth-order valence-electron chi connectivity index (χ4n) is 2.79. The third-order valence-electron chi connectivity index (χ3n) is 4.05. The second-order valence-electron chi connectivity index (χ2n) is 5.57. The fourth-order valence-corrected chi connectivity index (χ4v) is 2.79. The van der Waals surface area contributed by atoms with Crippen LogP contribution >= 0.6 is 0 Å². The van der Waals surface area contributed by atoms with Crippen LogP contribution in [0.25, 0.3) is 22.6 Å². The van der Waals surface area contributed by atoms with Crippen LogP contribution in [0.15, 0.2) is 36.7 Å². The number of aliphatic hydroxyl groups is 2. The highest BCUT2D eigenvalue weighted by Gasteiger charge is 2.34. The predicted octanol–water partition coefficient (Wildman–Crippen LogP) is 1.13. The number of nitrogens with one attached hydrogen (secondary N) is 2. The fraction of sp³-hybridized carbons (Fsp3) is 0.250. The van der Waals surface area contributed by atoms with Gasteiger partial charge in [-0.1, -0.05) is 30.3 Å². The minimum atomic E-state index is -0.854. The number of benzene rings is 1. The van der Waals surface area contributed by atoms with E-state index in [1.54, 1.807) is 6.42 Å². The number of imidazole rings is 1. The molecule has 2 aromatic heterocycles. The highest BCUT2D eigenvalue weighted by Crippen LogP contribution is 2.26. The van der Waals surface area contributed by atoms with Crippen LogP contribution in [0.4, 0.5) is 5.82 Å². The zero-order valence-electron chi connectivity index (χ0n) is 12.2. The third-order valence-corrected chi connectivity index (χ3v) is 4.05. The van der Waals surface area contributed by atoms with Gasteiger partial charge in [0.25, 0.3) is 0 Å². The monoisotopic (exact) mass is 310 g/mol. The summed E-state index contributed by atoms with van der Waals surface area (Å²) in [4.78, 5) is 16.2. The van der Waals surface area contributed by atoms with Crippen LogP contribution in [0.3, 0.4) is 0 Å². The quantitative estimate of drug-likeness (QED) is 0.578. The Morgan fingerprint density at radius 3 is 2.70 bits per heavy atom. The average molecular weight is 310 g/mol. The van der Waals surface area contributed by atoms with Gasteiger partial charge in [0, 0.05) is 5.56 Å². The number of H-pyrrole nitrogens is 1. The Hall–Kier alpha value is -2.51. The first kappa shape index (κ1) is 14.1. The Morgan fingerprint density at radius 1 is 1.13 bits per heavy atom. The van der Waals surface area contributed by atoms with Gasteiger partial charge >= 0.3 is 0 Å². The molecule has 117 valence electrons. The summed E-state index contributed by atoms with van der Waals surface area (Å²) in [6.45, 7) is 0. The highest BCUT2D eigenvalue weighted by atomic mass is 16.3. The standard InChI is InChI=1S/C16H16N5O2/c22-11-7-6-10(13(11)23)19-15-12-16(18-8-17-15)21-14(20-12)9-4-2-1-3-5-9/h1-5,7-8,10-11,13,22-23H,6H2,(H2,17,18,19,20,21)/t10-,11-,13+/m1/s1. The Bertz CT molecular complexity index is 820. The van der Waals surface area contributed by atoms with Crippen molar-refractivity contribution in [1.82, 2.24) is 19.9 Å². The molecule has 0 unspecified atom stereocenters. The van der Waals surface area contributed by atoms with Gasteiger partial charge in [-0.05, 0) is 12.8 Å². The van der Waals surface area contributed by atoms with Crippen molar-refractivity contribution in [1.29, 1.82) is 0 Å². The van der Waals surface area contributed by atoms with Crippen LogP contribution in [-0.2, 0) is 0 Å². The van der Waals surface area contributed by atoms with Crippen LogP contribution in [0.2, 0.25) is 0 Å². The lowest BCUT2D eigenvalue weighted by molar-refractivity contribution is 0.0530. The molecule has 3 atom stereocenters. The van der Waals surface area contributed by atoms with E-state index in [1.807, 2.05) is 30.3 Å².